The van der Waals surface area contributed by atoms with E-state index in [1.54, 1.807) is 7.11 Å². The lowest BCUT2D eigenvalue weighted by Crippen LogP contribution is -2.37. The standard InChI is InChI=1S/C15H19N3O2/c1-19-15(8-5-9-15)14-17-13(20-18-14)12(16)10-11-6-3-2-4-7-11/h2-4,6-7,12H,5,8-10,16H2,1H3/t12-/m0/s1. The summed E-state index contributed by atoms with van der Waals surface area (Å²) in [6.45, 7) is 0. The van der Waals surface area contributed by atoms with Gasteiger partial charge in [-0.2, -0.15) is 4.98 Å². The summed E-state index contributed by atoms with van der Waals surface area (Å²) in [4.78, 5) is 4.44. The van der Waals surface area contributed by atoms with Crippen LogP contribution >= 0.6 is 0 Å². The minimum atomic E-state index is -0.353. The molecule has 1 aromatic carbocycles. The molecule has 1 aliphatic carbocycles. The molecular weight excluding hydrogens is 254 g/mol. The van der Waals surface area contributed by atoms with E-state index in [9.17, 15) is 0 Å². The average molecular weight is 273 g/mol. The van der Waals surface area contributed by atoms with E-state index in [-0.39, 0.29) is 11.6 Å². The lowest BCUT2D eigenvalue weighted by atomic mass is 9.79. The van der Waals surface area contributed by atoms with Crippen molar-refractivity contribution in [1.82, 2.24) is 10.1 Å². The predicted octanol–water partition coefficient (Wildman–Crippen LogP) is 2.34. The molecule has 106 valence electrons. The molecule has 1 aromatic heterocycles. The Labute approximate surface area is 118 Å². The molecule has 1 heterocycles. The van der Waals surface area contributed by atoms with Crippen molar-refractivity contribution in [3.63, 3.8) is 0 Å². The van der Waals surface area contributed by atoms with Crippen molar-refractivity contribution >= 4 is 0 Å². The van der Waals surface area contributed by atoms with Crippen molar-refractivity contribution in [2.45, 2.75) is 37.3 Å². The molecule has 0 radical (unpaired) electrons. The molecule has 1 saturated carbocycles. The van der Waals surface area contributed by atoms with E-state index >= 15 is 0 Å². The Hall–Kier alpha value is -1.72. The molecule has 1 fully saturated rings. The van der Waals surface area contributed by atoms with Crippen LogP contribution in [0.3, 0.4) is 0 Å². The summed E-state index contributed by atoms with van der Waals surface area (Å²) in [7, 11) is 1.69. The summed E-state index contributed by atoms with van der Waals surface area (Å²) >= 11 is 0. The van der Waals surface area contributed by atoms with Gasteiger partial charge in [-0.25, -0.2) is 0 Å². The SMILES string of the molecule is COC1(c2noc([C@@H](N)Cc3ccccc3)n2)CCC1. The Kier molecular flexibility index (Phi) is 3.54. The van der Waals surface area contributed by atoms with E-state index in [2.05, 4.69) is 10.1 Å². The Morgan fingerprint density at radius 3 is 2.70 bits per heavy atom. The fourth-order valence-electron chi connectivity index (χ4n) is 2.54. The number of nitrogens with zero attached hydrogens (tertiary/aromatic N) is 2. The smallest absolute Gasteiger partial charge is 0.244 e. The molecule has 5 heteroatoms. The van der Waals surface area contributed by atoms with Gasteiger partial charge in [0.05, 0.1) is 6.04 Å². The summed E-state index contributed by atoms with van der Waals surface area (Å²) in [5.74, 6) is 1.11. The Balaban J connectivity index is 1.73. The van der Waals surface area contributed by atoms with Gasteiger partial charge in [-0.05, 0) is 31.2 Å². The van der Waals surface area contributed by atoms with Crippen LogP contribution in [0.4, 0.5) is 0 Å². The maximum absolute atomic E-state index is 6.15. The zero-order valence-electron chi connectivity index (χ0n) is 11.6. The van der Waals surface area contributed by atoms with Crippen LogP contribution in [0.25, 0.3) is 0 Å². The van der Waals surface area contributed by atoms with Crippen LogP contribution in [0.15, 0.2) is 34.9 Å². The number of ether oxygens (including phenoxy) is 1. The van der Waals surface area contributed by atoms with Crippen molar-refractivity contribution in [3.05, 3.63) is 47.6 Å². The van der Waals surface area contributed by atoms with Gasteiger partial charge in [-0.15, -0.1) is 0 Å². The van der Waals surface area contributed by atoms with Crippen molar-refractivity contribution in [2.24, 2.45) is 5.73 Å². The zero-order valence-corrected chi connectivity index (χ0v) is 11.6. The molecular formula is C15H19N3O2. The fraction of sp³-hybridized carbons (Fsp3) is 0.467. The third-order valence-electron chi connectivity index (χ3n) is 4.02. The molecule has 1 aliphatic rings. The second-order valence-electron chi connectivity index (χ2n) is 5.30. The van der Waals surface area contributed by atoms with Gasteiger partial charge in [-0.1, -0.05) is 35.5 Å². The second-order valence-corrected chi connectivity index (χ2v) is 5.30. The minimum Gasteiger partial charge on any atom is -0.370 e. The molecule has 1 atom stereocenters. The van der Waals surface area contributed by atoms with Gasteiger partial charge in [0.2, 0.25) is 11.7 Å². The molecule has 2 N–H and O–H groups in total. The number of hydrogen-bond donors (Lipinski definition) is 1. The van der Waals surface area contributed by atoms with Crippen LogP contribution in [-0.4, -0.2) is 17.3 Å². The van der Waals surface area contributed by atoms with E-state index in [0.717, 1.165) is 24.8 Å². The van der Waals surface area contributed by atoms with Gasteiger partial charge in [-0.3, -0.25) is 0 Å². The lowest BCUT2D eigenvalue weighted by molar-refractivity contribution is -0.0858. The number of nitrogens with two attached hydrogens (primary N) is 1. The first-order chi connectivity index (χ1) is 9.73. The summed E-state index contributed by atoms with van der Waals surface area (Å²) < 4.78 is 10.9. The van der Waals surface area contributed by atoms with Gasteiger partial charge >= 0.3 is 0 Å². The Bertz CT molecular complexity index is 558. The molecule has 0 unspecified atom stereocenters. The molecule has 20 heavy (non-hydrogen) atoms. The van der Waals surface area contributed by atoms with Crippen LogP contribution in [0.5, 0.6) is 0 Å². The quantitative estimate of drug-likeness (QED) is 0.905. The van der Waals surface area contributed by atoms with Gasteiger partial charge in [0.25, 0.3) is 0 Å². The Morgan fingerprint density at radius 1 is 1.35 bits per heavy atom. The minimum absolute atomic E-state index is 0.285. The summed E-state index contributed by atoms with van der Waals surface area (Å²) in [5.41, 5.74) is 6.95. The van der Waals surface area contributed by atoms with E-state index in [1.807, 2.05) is 30.3 Å². The van der Waals surface area contributed by atoms with Crippen molar-refractivity contribution < 1.29 is 9.26 Å². The van der Waals surface area contributed by atoms with Crippen LogP contribution < -0.4 is 5.73 Å². The molecule has 2 aromatic rings. The topological polar surface area (TPSA) is 74.2 Å². The van der Waals surface area contributed by atoms with E-state index in [4.69, 9.17) is 15.0 Å². The maximum atomic E-state index is 6.15. The van der Waals surface area contributed by atoms with Gasteiger partial charge in [0.1, 0.15) is 5.60 Å². The highest BCUT2D eigenvalue weighted by molar-refractivity contribution is 5.17. The monoisotopic (exact) mass is 273 g/mol. The maximum Gasteiger partial charge on any atom is 0.244 e. The molecule has 5 nitrogen and oxygen atoms in total. The first-order valence-corrected chi connectivity index (χ1v) is 6.92. The summed E-state index contributed by atoms with van der Waals surface area (Å²) in [6, 6.07) is 9.77. The van der Waals surface area contributed by atoms with Crippen molar-refractivity contribution in [1.29, 1.82) is 0 Å². The number of benzene rings is 1. The zero-order chi connectivity index (χ0) is 14.0. The first-order valence-electron chi connectivity index (χ1n) is 6.92. The molecule has 0 amide bonds. The Morgan fingerprint density at radius 2 is 2.10 bits per heavy atom. The van der Waals surface area contributed by atoms with E-state index in [0.29, 0.717) is 18.1 Å². The first kappa shape index (κ1) is 13.3. The fourth-order valence-corrected chi connectivity index (χ4v) is 2.54. The average Bonchev–Trinajstić information content (AvgIpc) is 2.89. The number of methoxy groups -OCH3 is 1. The predicted molar refractivity (Wildman–Crippen MR) is 73.9 cm³/mol. The van der Waals surface area contributed by atoms with Crippen molar-refractivity contribution in [3.8, 4) is 0 Å². The third-order valence-corrected chi connectivity index (χ3v) is 4.02. The van der Waals surface area contributed by atoms with Crippen molar-refractivity contribution in [2.75, 3.05) is 7.11 Å². The highest BCUT2D eigenvalue weighted by Crippen LogP contribution is 2.42. The molecule has 0 bridgehead atoms. The molecule has 0 spiro atoms. The van der Waals surface area contributed by atoms with Gasteiger partial charge in [0, 0.05) is 7.11 Å². The van der Waals surface area contributed by atoms with E-state index < -0.39 is 0 Å². The summed E-state index contributed by atoms with van der Waals surface area (Å²) in [6.07, 6.45) is 3.70. The number of hydrogen-bond acceptors (Lipinski definition) is 5. The third kappa shape index (κ3) is 2.34. The van der Waals surface area contributed by atoms with Gasteiger partial charge in [0.15, 0.2) is 0 Å². The summed E-state index contributed by atoms with van der Waals surface area (Å²) in [5, 5.41) is 4.05. The normalized spacial score (nSPS) is 18.5. The lowest BCUT2D eigenvalue weighted by Gasteiger charge is -2.37. The molecule has 0 aliphatic heterocycles. The largest absolute Gasteiger partial charge is 0.370 e. The number of rotatable bonds is 5. The van der Waals surface area contributed by atoms with E-state index in [1.165, 1.54) is 0 Å². The van der Waals surface area contributed by atoms with Crippen LogP contribution in [0.2, 0.25) is 0 Å². The molecule has 0 saturated heterocycles. The van der Waals surface area contributed by atoms with Crippen LogP contribution in [-0.2, 0) is 16.8 Å². The number of aromatic nitrogens is 2. The van der Waals surface area contributed by atoms with Gasteiger partial charge < -0.3 is 15.0 Å². The molecule has 3 rings (SSSR count). The highest BCUT2D eigenvalue weighted by Gasteiger charge is 2.43. The van der Waals surface area contributed by atoms with Crippen LogP contribution in [0, 0.1) is 0 Å². The second kappa shape index (κ2) is 5.34. The highest BCUT2D eigenvalue weighted by atomic mass is 16.5. The van der Waals surface area contributed by atoms with Crippen LogP contribution in [0.1, 0.15) is 42.6 Å².